The lowest BCUT2D eigenvalue weighted by molar-refractivity contribution is -0.158. The molecule has 1 aliphatic rings. The van der Waals surface area contributed by atoms with E-state index in [2.05, 4.69) is 5.32 Å². The highest BCUT2D eigenvalue weighted by Gasteiger charge is 2.33. The molecule has 3 rings (SSSR count). The van der Waals surface area contributed by atoms with Crippen LogP contribution in [0.15, 0.2) is 59.5 Å². The summed E-state index contributed by atoms with van der Waals surface area (Å²) in [6, 6.07) is 13.5. The van der Waals surface area contributed by atoms with Gasteiger partial charge in [0.2, 0.25) is 10.0 Å². The van der Waals surface area contributed by atoms with Crippen LogP contribution in [-0.2, 0) is 24.3 Å². The van der Waals surface area contributed by atoms with Crippen molar-refractivity contribution in [1.82, 2.24) is 4.31 Å². The zero-order valence-corrected chi connectivity index (χ0v) is 17.3. The van der Waals surface area contributed by atoms with Crippen LogP contribution in [0.3, 0.4) is 0 Å². The van der Waals surface area contributed by atoms with Crippen LogP contribution >= 0.6 is 0 Å². The van der Waals surface area contributed by atoms with Crippen molar-refractivity contribution in [3.05, 3.63) is 60.4 Å². The molecule has 9 heteroatoms. The van der Waals surface area contributed by atoms with Gasteiger partial charge in [0.1, 0.15) is 5.82 Å². The smallest absolute Gasteiger partial charge is 0.309 e. The summed E-state index contributed by atoms with van der Waals surface area (Å²) in [4.78, 5) is 24.8. The third kappa shape index (κ3) is 5.22. The van der Waals surface area contributed by atoms with Gasteiger partial charge < -0.3 is 10.1 Å². The number of rotatable bonds is 6. The van der Waals surface area contributed by atoms with Gasteiger partial charge in [-0.25, -0.2) is 12.8 Å². The summed E-state index contributed by atoms with van der Waals surface area (Å²) in [5, 5.41) is 2.49. The van der Waals surface area contributed by atoms with Gasteiger partial charge >= 0.3 is 5.97 Å². The molecule has 0 bridgehead atoms. The minimum Gasteiger partial charge on any atom is -0.452 e. The summed E-state index contributed by atoms with van der Waals surface area (Å²) in [7, 11) is -3.60. The summed E-state index contributed by atoms with van der Waals surface area (Å²) in [5.41, 5.74) is 0.266. The van der Waals surface area contributed by atoms with Crippen LogP contribution in [0.25, 0.3) is 0 Å². The highest BCUT2D eigenvalue weighted by Crippen LogP contribution is 2.25. The Morgan fingerprint density at radius 1 is 1.10 bits per heavy atom. The number of carbonyl (C=O) groups is 2. The number of piperidine rings is 1. The Kier molecular flexibility index (Phi) is 6.84. The molecule has 1 aliphatic heterocycles. The van der Waals surface area contributed by atoms with E-state index in [0.29, 0.717) is 12.8 Å². The Hall–Kier alpha value is -2.78. The number of esters is 1. The molecule has 1 N–H and O–H groups in total. The molecule has 1 saturated heterocycles. The topological polar surface area (TPSA) is 92.8 Å². The van der Waals surface area contributed by atoms with Crippen LogP contribution in [0.5, 0.6) is 0 Å². The van der Waals surface area contributed by atoms with Crippen molar-refractivity contribution >= 4 is 27.6 Å². The normalized spacial score (nSPS) is 16.6. The predicted molar refractivity (Wildman–Crippen MR) is 109 cm³/mol. The van der Waals surface area contributed by atoms with Crippen molar-refractivity contribution < 1.29 is 27.1 Å². The lowest BCUT2D eigenvalue weighted by Crippen LogP contribution is -2.41. The molecule has 160 valence electrons. The molecule has 2 aromatic rings. The van der Waals surface area contributed by atoms with Crippen molar-refractivity contribution in [1.29, 1.82) is 0 Å². The van der Waals surface area contributed by atoms with Crippen LogP contribution in [0.4, 0.5) is 10.1 Å². The largest absolute Gasteiger partial charge is 0.452 e. The van der Waals surface area contributed by atoms with Crippen molar-refractivity contribution in [2.24, 2.45) is 5.92 Å². The number of hydrogen-bond donors (Lipinski definition) is 1. The van der Waals surface area contributed by atoms with Gasteiger partial charge in [0.15, 0.2) is 6.10 Å². The maximum absolute atomic E-state index is 13.2. The number of anilines is 1. The van der Waals surface area contributed by atoms with Gasteiger partial charge in [-0.15, -0.1) is 0 Å². The fraction of sp³-hybridized carbons (Fsp3) is 0.333. The van der Waals surface area contributed by atoms with E-state index in [1.807, 2.05) is 0 Å². The Morgan fingerprint density at radius 2 is 1.77 bits per heavy atom. The SMILES string of the molecule is CC(OC(=O)C1CCN(S(=O)(=O)c2ccccc2)CC1)C(=O)Nc1cccc(F)c1. The van der Waals surface area contributed by atoms with Gasteiger partial charge in [-0.1, -0.05) is 24.3 Å². The van der Waals surface area contributed by atoms with Gasteiger partial charge in [0.05, 0.1) is 10.8 Å². The third-order valence-electron chi connectivity index (χ3n) is 4.92. The Balaban J connectivity index is 1.52. The predicted octanol–water partition coefficient (Wildman–Crippen LogP) is 2.80. The fourth-order valence-electron chi connectivity index (χ4n) is 3.21. The summed E-state index contributed by atoms with van der Waals surface area (Å²) in [5.74, 6) is -2.10. The molecular weight excluding hydrogens is 411 g/mol. The van der Waals surface area contributed by atoms with Crippen molar-refractivity contribution in [3.8, 4) is 0 Å². The van der Waals surface area contributed by atoms with Crippen molar-refractivity contribution in [2.45, 2.75) is 30.8 Å². The number of halogens is 1. The zero-order valence-electron chi connectivity index (χ0n) is 16.5. The molecule has 0 aliphatic carbocycles. The van der Waals surface area contributed by atoms with E-state index in [9.17, 15) is 22.4 Å². The van der Waals surface area contributed by atoms with Crippen molar-refractivity contribution in [3.63, 3.8) is 0 Å². The summed E-state index contributed by atoms with van der Waals surface area (Å²) >= 11 is 0. The van der Waals surface area contributed by atoms with E-state index in [-0.39, 0.29) is 23.7 Å². The minimum atomic E-state index is -3.60. The molecule has 1 fully saturated rings. The van der Waals surface area contributed by atoms with E-state index < -0.39 is 39.7 Å². The van der Waals surface area contributed by atoms with Gasteiger partial charge in [0, 0.05) is 18.8 Å². The second-order valence-corrected chi connectivity index (χ2v) is 9.01. The lowest BCUT2D eigenvalue weighted by atomic mass is 9.98. The molecule has 0 aromatic heterocycles. The average Bonchev–Trinajstić information content (AvgIpc) is 2.74. The molecule has 7 nitrogen and oxygen atoms in total. The maximum Gasteiger partial charge on any atom is 0.309 e. The molecule has 0 radical (unpaired) electrons. The van der Waals surface area contributed by atoms with Gasteiger partial charge in [-0.05, 0) is 50.1 Å². The number of sulfonamides is 1. The van der Waals surface area contributed by atoms with Crippen LogP contribution in [0.1, 0.15) is 19.8 Å². The summed E-state index contributed by atoms with van der Waals surface area (Å²) < 4.78 is 45.1. The van der Waals surface area contributed by atoms with Crippen LogP contribution < -0.4 is 5.32 Å². The number of amides is 1. The Labute approximate surface area is 174 Å². The molecule has 0 spiro atoms. The van der Waals surface area contributed by atoms with Gasteiger partial charge in [-0.2, -0.15) is 4.31 Å². The lowest BCUT2D eigenvalue weighted by Gasteiger charge is -2.30. The first-order valence-corrected chi connectivity index (χ1v) is 11.0. The average molecular weight is 434 g/mol. The number of nitrogens with zero attached hydrogens (tertiary/aromatic N) is 1. The van der Waals surface area contributed by atoms with Crippen molar-refractivity contribution in [2.75, 3.05) is 18.4 Å². The van der Waals surface area contributed by atoms with Gasteiger partial charge in [-0.3, -0.25) is 9.59 Å². The monoisotopic (exact) mass is 434 g/mol. The second kappa shape index (κ2) is 9.36. The maximum atomic E-state index is 13.2. The van der Waals surface area contributed by atoms with E-state index >= 15 is 0 Å². The molecule has 1 heterocycles. The Bertz CT molecular complexity index is 1010. The number of hydrogen-bond acceptors (Lipinski definition) is 5. The molecule has 0 saturated carbocycles. The van der Waals surface area contributed by atoms with Gasteiger partial charge in [0.25, 0.3) is 5.91 Å². The molecular formula is C21H23FN2O5S. The van der Waals surface area contributed by atoms with E-state index in [1.165, 1.54) is 41.6 Å². The highest BCUT2D eigenvalue weighted by molar-refractivity contribution is 7.89. The third-order valence-corrected chi connectivity index (χ3v) is 6.84. The van der Waals surface area contributed by atoms with Crippen LogP contribution in [0.2, 0.25) is 0 Å². The Morgan fingerprint density at radius 3 is 2.40 bits per heavy atom. The molecule has 1 atom stereocenters. The fourth-order valence-corrected chi connectivity index (χ4v) is 4.70. The molecule has 2 aromatic carbocycles. The van der Waals surface area contributed by atoms with E-state index in [4.69, 9.17) is 4.74 Å². The standard InChI is InChI=1S/C21H23FN2O5S/c1-15(20(25)23-18-7-5-6-17(22)14-18)29-21(26)16-10-12-24(13-11-16)30(27,28)19-8-3-2-4-9-19/h2-9,14-16H,10-13H2,1H3,(H,23,25). The summed E-state index contributed by atoms with van der Waals surface area (Å²) in [6.07, 6.45) is -0.446. The zero-order chi connectivity index (χ0) is 21.7. The highest BCUT2D eigenvalue weighted by atomic mass is 32.2. The summed E-state index contributed by atoms with van der Waals surface area (Å²) in [6.45, 7) is 1.82. The second-order valence-electron chi connectivity index (χ2n) is 7.07. The van der Waals surface area contributed by atoms with Crippen LogP contribution in [0, 0.1) is 11.7 Å². The number of ether oxygens (including phenoxy) is 1. The minimum absolute atomic E-state index is 0.195. The van der Waals surface area contributed by atoms with E-state index in [1.54, 1.807) is 18.2 Å². The molecule has 1 unspecified atom stereocenters. The quantitative estimate of drug-likeness (QED) is 0.706. The van der Waals surface area contributed by atoms with Crippen LogP contribution in [-0.4, -0.2) is 43.8 Å². The number of nitrogens with one attached hydrogen (secondary N) is 1. The van der Waals surface area contributed by atoms with E-state index in [0.717, 1.165) is 6.07 Å². The number of benzene rings is 2. The first kappa shape index (κ1) is 21.9. The first-order valence-electron chi connectivity index (χ1n) is 9.59. The molecule has 1 amide bonds. The molecule has 30 heavy (non-hydrogen) atoms. The first-order chi connectivity index (χ1) is 14.3. The number of carbonyl (C=O) groups excluding carboxylic acids is 2.